The first-order valence-corrected chi connectivity index (χ1v) is 15.0. The first kappa shape index (κ1) is 29.0. The first-order chi connectivity index (χ1) is 21.5. The lowest BCUT2D eigenvalue weighted by Gasteiger charge is -2.22. The van der Waals surface area contributed by atoms with Crippen molar-refractivity contribution in [3.63, 3.8) is 0 Å². The predicted octanol–water partition coefficient (Wildman–Crippen LogP) is 5.00. The van der Waals surface area contributed by atoms with E-state index in [1.165, 1.54) is 4.57 Å². The Morgan fingerprint density at radius 3 is 2.39 bits per heavy atom. The maximum atomic E-state index is 14.0. The van der Waals surface area contributed by atoms with Crippen molar-refractivity contribution in [3.05, 3.63) is 93.9 Å². The normalized spacial score (nSPS) is 13.7. The van der Waals surface area contributed by atoms with Gasteiger partial charge in [0.1, 0.15) is 11.6 Å². The van der Waals surface area contributed by atoms with E-state index in [0.29, 0.717) is 55.1 Å². The van der Waals surface area contributed by atoms with Crippen LogP contribution in [0.1, 0.15) is 68.1 Å². The molecule has 11 heteroatoms. The summed E-state index contributed by atoms with van der Waals surface area (Å²) in [4.78, 5) is 39.4. The minimum absolute atomic E-state index is 0.0308. The molecule has 11 nitrogen and oxygen atoms in total. The second-order valence-corrected chi connectivity index (χ2v) is 11.1. The lowest BCUT2D eigenvalue weighted by molar-refractivity contribution is -0.121. The van der Waals surface area contributed by atoms with Gasteiger partial charge in [0.2, 0.25) is 5.95 Å². The molecule has 0 radical (unpaired) electrons. The molecule has 0 unspecified atom stereocenters. The van der Waals surface area contributed by atoms with Crippen LogP contribution in [-0.2, 0) is 17.6 Å². The number of aromatic nitrogens is 8. The van der Waals surface area contributed by atoms with Crippen LogP contribution < -0.4 is 10.3 Å². The minimum Gasteiger partial charge on any atom is -0.487 e. The van der Waals surface area contributed by atoms with Gasteiger partial charge in [0.25, 0.3) is 5.56 Å². The zero-order valence-corrected chi connectivity index (χ0v) is 24.9. The second-order valence-electron chi connectivity index (χ2n) is 11.1. The van der Waals surface area contributed by atoms with Gasteiger partial charge in [-0.05, 0) is 59.7 Å². The molecule has 3 heterocycles. The Labute approximate surface area is 254 Å². The fourth-order valence-corrected chi connectivity index (χ4v) is 5.61. The molecule has 0 aliphatic heterocycles. The van der Waals surface area contributed by atoms with E-state index in [4.69, 9.17) is 9.72 Å². The fraction of sp³-hybridized carbons (Fsp3) is 0.333. The van der Waals surface area contributed by atoms with Crippen LogP contribution in [0.25, 0.3) is 28.5 Å². The number of benzene rings is 2. The first-order valence-electron chi connectivity index (χ1n) is 15.0. The maximum Gasteiger partial charge on any atom is 0.264 e. The average Bonchev–Trinajstić information content (AvgIpc) is 3.59. The molecule has 0 amide bonds. The van der Waals surface area contributed by atoms with Crippen LogP contribution in [0.2, 0.25) is 0 Å². The highest BCUT2D eigenvalue weighted by Crippen LogP contribution is 2.30. The van der Waals surface area contributed by atoms with Gasteiger partial charge in [-0.25, -0.2) is 24.6 Å². The molecule has 1 saturated carbocycles. The van der Waals surface area contributed by atoms with Crippen molar-refractivity contribution >= 4 is 5.78 Å². The number of rotatable bonds is 10. The van der Waals surface area contributed by atoms with E-state index >= 15 is 0 Å². The van der Waals surface area contributed by atoms with Gasteiger partial charge in [0, 0.05) is 30.4 Å². The number of hydrogen-bond donors (Lipinski definition) is 1. The molecule has 2 aromatic carbocycles. The third-order valence-electron chi connectivity index (χ3n) is 7.98. The molecule has 1 N–H and O–H groups in total. The van der Waals surface area contributed by atoms with E-state index in [0.717, 1.165) is 47.2 Å². The van der Waals surface area contributed by atoms with Crippen LogP contribution in [0.15, 0.2) is 65.7 Å². The van der Waals surface area contributed by atoms with Crippen LogP contribution in [0.3, 0.4) is 0 Å². The SMILES string of the molecule is CCCCc1nc(C)n(-c2ncc(OC3CCC(=O)CC3)cn2)c(=O)c1Cc1ccc(-c2ccccc2-c2nnn[nH]2)cc1. The third kappa shape index (κ3) is 6.31. The van der Waals surface area contributed by atoms with Crippen LogP contribution in [-0.4, -0.2) is 52.0 Å². The van der Waals surface area contributed by atoms with Gasteiger partial charge in [-0.1, -0.05) is 61.9 Å². The number of aromatic amines is 1. The molecule has 3 aromatic heterocycles. The summed E-state index contributed by atoms with van der Waals surface area (Å²) in [5.74, 6) is 2.19. The molecule has 0 saturated heterocycles. The predicted molar refractivity (Wildman–Crippen MR) is 165 cm³/mol. The van der Waals surface area contributed by atoms with Crippen molar-refractivity contribution in [2.45, 2.75) is 71.3 Å². The van der Waals surface area contributed by atoms with E-state index in [1.54, 1.807) is 12.4 Å². The molecule has 1 aliphatic carbocycles. The highest BCUT2D eigenvalue weighted by Gasteiger charge is 2.21. The Morgan fingerprint density at radius 2 is 1.70 bits per heavy atom. The number of nitrogens with one attached hydrogen (secondary N) is 1. The highest BCUT2D eigenvalue weighted by molar-refractivity contribution is 5.80. The standard InChI is InChI=1S/C33H34N8O3/c1-3-4-9-30-29(18-22-10-12-23(13-11-22)27-7-5-6-8-28(27)31-37-39-40-38-31)32(43)41(21(2)36-30)33-34-19-26(20-35-33)44-25-16-14-24(42)15-17-25/h5-8,10-13,19-20,25H,3-4,9,14-18H2,1-2H3,(H,37,38,39,40). The number of ketones is 1. The van der Waals surface area contributed by atoms with Crippen LogP contribution >= 0.6 is 0 Å². The lowest BCUT2D eigenvalue weighted by Crippen LogP contribution is -2.29. The van der Waals surface area contributed by atoms with Gasteiger partial charge in [-0.15, -0.1) is 5.10 Å². The quantitative estimate of drug-likeness (QED) is 0.238. The van der Waals surface area contributed by atoms with Crippen molar-refractivity contribution < 1.29 is 9.53 Å². The Hall–Kier alpha value is -5.06. The van der Waals surface area contributed by atoms with Gasteiger partial charge in [0.05, 0.1) is 24.2 Å². The average molecular weight is 591 g/mol. The highest BCUT2D eigenvalue weighted by atomic mass is 16.5. The number of ether oxygens (including phenoxy) is 1. The van der Waals surface area contributed by atoms with Crippen LogP contribution in [0.4, 0.5) is 0 Å². The smallest absolute Gasteiger partial charge is 0.264 e. The fourth-order valence-electron chi connectivity index (χ4n) is 5.61. The van der Waals surface area contributed by atoms with E-state index in [1.807, 2.05) is 55.5 Å². The van der Waals surface area contributed by atoms with Crippen LogP contribution in [0.5, 0.6) is 5.75 Å². The Bertz CT molecular complexity index is 1790. The summed E-state index contributed by atoms with van der Waals surface area (Å²) in [5.41, 5.74) is 5.20. The zero-order valence-electron chi connectivity index (χ0n) is 24.9. The number of H-pyrrole nitrogens is 1. The van der Waals surface area contributed by atoms with E-state index in [9.17, 15) is 9.59 Å². The monoisotopic (exact) mass is 590 g/mol. The summed E-state index contributed by atoms with van der Waals surface area (Å²) in [6.07, 6.45) is 8.68. The molecule has 6 rings (SSSR count). The number of carbonyl (C=O) groups excluding carboxylic acids is 1. The van der Waals surface area contributed by atoms with Gasteiger partial charge in [-0.2, -0.15) is 0 Å². The summed E-state index contributed by atoms with van der Waals surface area (Å²) < 4.78 is 7.48. The number of unbranched alkanes of at least 4 members (excludes halogenated alkanes) is 1. The van der Waals surface area contributed by atoms with E-state index in [-0.39, 0.29) is 23.4 Å². The van der Waals surface area contributed by atoms with Crippen molar-refractivity contribution in [3.8, 4) is 34.2 Å². The summed E-state index contributed by atoms with van der Waals surface area (Å²) in [6.45, 7) is 3.94. The van der Waals surface area contributed by atoms with Gasteiger partial charge in [-0.3, -0.25) is 9.59 Å². The lowest BCUT2D eigenvalue weighted by atomic mass is 9.96. The summed E-state index contributed by atoms with van der Waals surface area (Å²) >= 11 is 0. The number of carbonyl (C=O) groups is 1. The Balaban J connectivity index is 1.28. The molecule has 5 aromatic rings. The molecule has 44 heavy (non-hydrogen) atoms. The maximum absolute atomic E-state index is 14.0. The molecular weight excluding hydrogens is 556 g/mol. The molecular formula is C33H34N8O3. The number of tetrazole rings is 1. The summed E-state index contributed by atoms with van der Waals surface area (Å²) in [7, 11) is 0. The van der Waals surface area contributed by atoms with Crippen LogP contribution in [0, 0.1) is 6.92 Å². The minimum atomic E-state index is -0.171. The van der Waals surface area contributed by atoms with Crippen molar-refractivity contribution in [1.82, 2.24) is 40.1 Å². The second kappa shape index (κ2) is 13.1. The van der Waals surface area contributed by atoms with E-state index in [2.05, 4.69) is 37.5 Å². The zero-order chi connectivity index (χ0) is 30.5. The third-order valence-corrected chi connectivity index (χ3v) is 7.98. The molecule has 0 bridgehead atoms. The van der Waals surface area contributed by atoms with Crippen molar-refractivity contribution in [2.75, 3.05) is 0 Å². The number of Topliss-reactive ketones (excluding diaryl/α,β-unsaturated/α-hetero) is 1. The topological polar surface area (TPSA) is 141 Å². The van der Waals surface area contributed by atoms with Crippen molar-refractivity contribution in [1.29, 1.82) is 0 Å². The van der Waals surface area contributed by atoms with E-state index < -0.39 is 0 Å². The van der Waals surface area contributed by atoms with Gasteiger partial charge in [0.15, 0.2) is 11.6 Å². The molecule has 0 atom stereocenters. The number of hydrogen-bond acceptors (Lipinski definition) is 9. The summed E-state index contributed by atoms with van der Waals surface area (Å²) in [5, 5.41) is 14.3. The number of aryl methyl sites for hydroxylation is 2. The molecule has 0 spiro atoms. The number of nitrogens with zero attached hydrogens (tertiary/aromatic N) is 7. The molecule has 1 aliphatic rings. The van der Waals surface area contributed by atoms with Gasteiger partial charge >= 0.3 is 0 Å². The van der Waals surface area contributed by atoms with Crippen molar-refractivity contribution in [2.24, 2.45) is 0 Å². The Morgan fingerprint density at radius 1 is 0.977 bits per heavy atom. The molecule has 1 fully saturated rings. The van der Waals surface area contributed by atoms with Gasteiger partial charge < -0.3 is 4.74 Å². The molecule has 224 valence electrons. The Kier molecular flexibility index (Phi) is 8.62. The largest absolute Gasteiger partial charge is 0.487 e. The summed E-state index contributed by atoms with van der Waals surface area (Å²) in [6, 6.07) is 16.1.